The average Bonchev–Trinajstić information content (AvgIpc) is 2.87. The van der Waals surface area contributed by atoms with Crippen molar-refractivity contribution >= 4 is 10.9 Å². The third-order valence-electron chi connectivity index (χ3n) is 4.12. The number of hydrogen-bond donors (Lipinski definition) is 0. The second-order valence-electron chi connectivity index (χ2n) is 5.69. The highest BCUT2D eigenvalue weighted by atomic mass is 16.7. The standard InChI is InChI=1S/C20H23NO2/c1-4-13-21-19(16-9-6-5-7-10-16)15(2)17-11-8-12-18(20(17)21)23-14-22-3/h5-12H,4,13-14H2,1-3H3. The van der Waals surface area contributed by atoms with Gasteiger partial charge in [0.25, 0.3) is 0 Å². The van der Waals surface area contributed by atoms with E-state index in [0.29, 0.717) is 0 Å². The molecule has 0 radical (unpaired) electrons. The van der Waals surface area contributed by atoms with Crippen LogP contribution in [0.1, 0.15) is 18.9 Å². The van der Waals surface area contributed by atoms with Crippen LogP contribution in [0.15, 0.2) is 48.5 Å². The molecule has 0 bridgehead atoms. The zero-order chi connectivity index (χ0) is 16.2. The Morgan fingerprint density at radius 1 is 1.00 bits per heavy atom. The van der Waals surface area contributed by atoms with Gasteiger partial charge in [-0.2, -0.15) is 0 Å². The van der Waals surface area contributed by atoms with Gasteiger partial charge in [0.05, 0.1) is 11.2 Å². The van der Waals surface area contributed by atoms with Gasteiger partial charge >= 0.3 is 0 Å². The van der Waals surface area contributed by atoms with Crippen molar-refractivity contribution in [2.75, 3.05) is 13.9 Å². The van der Waals surface area contributed by atoms with Crippen LogP contribution in [0.25, 0.3) is 22.2 Å². The van der Waals surface area contributed by atoms with Gasteiger partial charge in [0.1, 0.15) is 5.75 Å². The third kappa shape index (κ3) is 2.84. The lowest BCUT2D eigenvalue weighted by Gasteiger charge is -2.13. The van der Waals surface area contributed by atoms with Crippen LogP contribution in [0.5, 0.6) is 5.75 Å². The van der Waals surface area contributed by atoms with Gasteiger partial charge in [0.15, 0.2) is 6.79 Å². The largest absolute Gasteiger partial charge is 0.465 e. The first-order valence-electron chi connectivity index (χ1n) is 8.06. The second-order valence-corrected chi connectivity index (χ2v) is 5.69. The number of ether oxygens (including phenoxy) is 2. The van der Waals surface area contributed by atoms with Crippen molar-refractivity contribution in [2.24, 2.45) is 0 Å². The van der Waals surface area contributed by atoms with Gasteiger partial charge in [-0.25, -0.2) is 0 Å². The monoisotopic (exact) mass is 309 g/mol. The van der Waals surface area contributed by atoms with Gasteiger partial charge in [0.2, 0.25) is 0 Å². The molecule has 0 fully saturated rings. The molecule has 3 nitrogen and oxygen atoms in total. The van der Waals surface area contributed by atoms with Crippen LogP contribution in [0, 0.1) is 6.92 Å². The van der Waals surface area contributed by atoms with Crippen molar-refractivity contribution in [3.05, 3.63) is 54.1 Å². The molecule has 120 valence electrons. The summed E-state index contributed by atoms with van der Waals surface area (Å²) < 4.78 is 13.3. The predicted octanol–water partition coefficient (Wildman–Crippen LogP) is 5.01. The molecule has 3 aromatic rings. The first-order chi connectivity index (χ1) is 11.3. The number of benzene rings is 2. The molecule has 0 N–H and O–H groups in total. The molecule has 0 atom stereocenters. The number of hydrogen-bond acceptors (Lipinski definition) is 2. The topological polar surface area (TPSA) is 23.4 Å². The Morgan fingerprint density at radius 3 is 2.48 bits per heavy atom. The lowest BCUT2D eigenvalue weighted by molar-refractivity contribution is 0.0520. The molecule has 1 heterocycles. The molecule has 0 aliphatic carbocycles. The molecule has 0 aliphatic heterocycles. The summed E-state index contributed by atoms with van der Waals surface area (Å²) >= 11 is 0. The Labute approximate surface area is 137 Å². The molecule has 1 aromatic heterocycles. The van der Waals surface area contributed by atoms with E-state index in [1.54, 1.807) is 7.11 Å². The van der Waals surface area contributed by atoms with E-state index >= 15 is 0 Å². The molecule has 0 saturated carbocycles. The van der Waals surface area contributed by atoms with Crippen molar-refractivity contribution in [3.63, 3.8) is 0 Å². The van der Waals surface area contributed by atoms with E-state index in [4.69, 9.17) is 9.47 Å². The van der Waals surface area contributed by atoms with E-state index in [1.807, 2.05) is 12.1 Å². The average molecular weight is 309 g/mol. The lowest BCUT2D eigenvalue weighted by Crippen LogP contribution is -2.04. The Morgan fingerprint density at radius 2 is 1.78 bits per heavy atom. The smallest absolute Gasteiger partial charge is 0.188 e. The molecule has 3 rings (SSSR count). The van der Waals surface area contributed by atoms with Crippen LogP contribution in [0.4, 0.5) is 0 Å². The number of para-hydroxylation sites is 1. The molecule has 0 aliphatic rings. The summed E-state index contributed by atoms with van der Waals surface area (Å²) in [4.78, 5) is 0. The maximum Gasteiger partial charge on any atom is 0.188 e. The van der Waals surface area contributed by atoms with Crippen LogP contribution in [0.2, 0.25) is 0 Å². The van der Waals surface area contributed by atoms with Crippen LogP contribution in [-0.2, 0) is 11.3 Å². The molecular weight excluding hydrogens is 286 g/mol. The van der Waals surface area contributed by atoms with Gasteiger partial charge in [-0.3, -0.25) is 0 Å². The van der Waals surface area contributed by atoms with Gasteiger partial charge < -0.3 is 14.0 Å². The van der Waals surface area contributed by atoms with Crippen LogP contribution in [0.3, 0.4) is 0 Å². The van der Waals surface area contributed by atoms with Crippen LogP contribution >= 0.6 is 0 Å². The van der Waals surface area contributed by atoms with E-state index < -0.39 is 0 Å². The number of aryl methyl sites for hydroxylation is 2. The minimum Gasteiger partial charge on any atom is -0.465 e. The quantitative estimate of drug-likeness (QED) is 0.598. The molecule has 0 saturated heterocycles. The molecule has 2 aromatic carbocycles. The summed E-state index contributed by atoms with van der Waals surface area (Å²) in [6.07, 6.45) is 1.07. The molecule has 0 amide bonds. The maximum atomic E-state index is 5.82. The number of methoxy groups -OCH3 is 1. The summed E-state index contributed by atoms with van der Waals surface area (Å²) in [6, 6.07) is 16.8. The fourth-order valence-electron chi connectivity index (χ4n) is 3.20. The molecule has 23 heavy (non-hydrogen) atoms. The highest BCUT2D eigenvalue weighted by Gasteiger charge is 2.18. The molecule has 0 unspecified atom stereocenters. The fourth-order valence-corrected chi connectivity index (χ4v) is 3.20. The predicted molar refractivity (Wildman–Crippen MR) is 94.9 cm³/mol. The van der Waals surface area contributed by atoms with Crippen molar-refractivity contribution < 1.29 is 9.47 Å². The maximum absolute atomic E-state index is 5.82. The second kappa shape index (κ2) is 6.88. The van der Waals surface area contributed by atoms with Crippen molar-refractivity contribution in [1.82, 2.24) is 4.57 Å². The summed E-state index contributed by atoms with van der Waals surface area (Å²) in [5.74, 6) is 0.878. The normalized spacial score (nSPS) is 11.1. The van der Waals surface area contributed by atoms with Crippen molar-refractivity contribution in [2.45, 2.75) is 26.8 Å². The minimum atomic E-state index is 0.260. The summed E-state index contributed by atoms with van der Waals surface area (Å²) in [6.45, 7) is 5.61. The lowest BCUT2D eigenvalue weighted by atomic mass is 10.1. The zero-order valence-electron chi connectivity index (χ0n) is 14.0. The van der Waals surface area contributed by atoms with E-state index in [9.17, 15) is 0 Å². The van der Waals surface area contributed by atoms with Crippen molar-refractivity contribution in [1.29, 1.82) is 0 Å². The third-order valence-corrected chi connectivity index (χ3v) is 4.12. The summed E-state index contributed by atoms with van der Waals surface area (Å²) in [5, 5.41) is 1.24. The first kappa shape index (κ1) is 15.6. The number of fused-ring (bicyclic) bond motifs is 1. The van der Waals surface area contributed by atoms with Gasteiger partial charge in [-0.05, 0) is 30.5 Å². The Kier molecular flexibility index (Phi) is 4.68. The zero-order valence-corrected chi connectivity index (χ0v) is 14.0. The Bertz CT molecular complexity index is 790. The van der Waals surface area contributed by atoms with E-state index in [2.05, 4.69) is 54.8 Å². The Balaban J connectivity index is 2.28. The van der Waals surface area contributed by atoms with E-state index in [1.165, 1.54) is 22.2 Å². The van der Waals surface area contributed by atoms with E-state index in [-0.39, 0.29) is 6.79 Å². The number of rotatable bonds is 6. The highest BCUT2D eigenvalue weighted by molar-refractivity contribution is 5.95. The van der Waals surface area contributed by atoms with E-state index in [0.717, 1.165) is 24.2 Å². The van der Waals surface area contributed by atoms with Crippen LogP contribution < -0.4 is 4.74 Å². The van der Waals surface area contributed by atoms with Crippen LogP contribution in [-0.4, -0.2) is 18.5 Å². The SMILES string of the molecule is CCCn1c(-c2ccccc2)c(C)c2cccc(OCOC)c21. The van der Waals surface area contributed by atoms with Crippen molar-refractivity contribution in [3.8, 4) is 17.0 Å². The van der Waals surface area contributed by atoms with Gasteiger partial charge in [-0.1, -0.05) is 49.4 Å². The highest BCUT2D eigenvalue weighted by Crippen LogP contribution is 2.37. The number of aromatic nitrogens is 1. The first-order valence-corrected chi connectivity index (χ1v) is 8.06. The molecule has 3 heteroatoms. The number of nitrogens with zero attached hydrogens (tertiary/aromatic N) is 1. The molecule has 0 spiro atoms. The molecular formula is C20H23NO2. The van der Waals surface area contributed by atoms with Gasteiger partial charge in [-0.15, -0.1) is 0 Å². The minimum absolute atomic E-state index is 0.260. The summed E-state index contributed by atoms with van der Waals surface area (Å²) in [7, 11) is 1.64. The summed E-state index contributed by atoms with van der Waals surface area (Å²) in [5.41, 5.74) is 4.97. The Hall–Kier alpha value is -2.26. The fraction of sp³-hybridized carbons (Fsp3) is 0.300. The van der Waals surface area contributed by atoms with Gasteiger partial charge in [0, 0.05) is 19.0 Å².